The third kappa shape index (κ3) is 3.80. The van der Waals surface area contributed by atoms with Crippen LogP contribution in [0.15, 0.2) is 29.2 Å². The standard InChI is InChI=1S/C20H27N3O3S/c1-14-8-9-17(15(2)12-14)21-20(24)18-13-19(16(3)22(18)4)27(25,26)23-10-6-5-7-11-23/h8-9,12-13H,5-7,10-11H2,1-4H3,(H,21,24). The highest BCUT2D eigenvalue weighted by Crippen LogP contribution is 2.26. The van der Waals surface area contributed by atoms with Crippen LogP contribution in [-0.4, -0.2) is 36.3 Å². The molecule has 1 saturated heterocycles. The Morgan fingerprint density at radius 3 is 2.33 bits per heavy atom. The summed E-state index contributed by atoms with van der Waals surface area (Å²) in [6, 6.07) is 7.30. The van der Waals surface area contributed by atoms with Crippen molar-refractivity contribution in [3.63, 3.8) is 0 Å². The van der Waals surface area contributed by atoms with Crippen LogP contribution in [0.5, 0.6) is 0 Å². The molecule has 3 rings (SSSR count). The molecule has 0 atom stereocenters. The van der Waals surface area contributed by atoms with Gasteiger partial charge in [0.15, 0.2) is 0 Å². The summed E-state index contributed by atoms with van der Waals surface area (Å²) >= 11 is 0. The average Bonchev–Trinajstić information content (AvgIpc) is 2.94. The highest BCUT2D eigenvalue weighted by atomic mass is 32.2. The van der Waals surface area contributed by atoms with E-state index in [-0.39, 0.29) is 10.8 Å². The molecule has 0 saturated carbocycles. The van der Waals surface area contributed by atoms with E-state index in [1.165, 1.54) is 10.4 Å². The molecule has 1 aromatic heterocycles. The van der Waals surface area contributed by atoms with Crippen molar-refractivity contribution in [3.05, 3.63) is 46.8 Å². The number of carbonyl (C=O) groups excluding carboxylic acids is 1. The van der Waals surface area contributed by atoms with Crippen LogP contribution in [-0.2, 0) is 17.1 Å². The van der Waals surface area contributed by atoms with Crippen molar-refractivity contribution in [1.82, 2.24) is 8.87 Å². The maximum atomic E-state index is 13.0. The van der Waals surface area contributed by atoms with Gasteiger partial charge >= 0.3 is 0 Å². The summed E-state index contributed by atoms with van der Waals surface area (Å²) in [5.74, 6) is -0.312. The third-order valence-corrected chi connectivity index (χ3v) is 7.30. The smallest absolute Gasteiger partial charge is 0.272 e. The number of carbonyl (C=O) groups is 1. The zero-order chi connectivity index (χ0) is 19.8. The fraction of sp³-hybridized carbons (Fsp3) is 0.450. The van der Waals surface area contributed by atoms with Gasteiger partial charge in [-0.3, -0.25) is 4.79 Å². The zero-order valence-electron chi connectivity index (χ0n) is 16.4. The van der Waals surface area contributed by atoms with Crippen molar-refractivity contribution in [2.75, 3.05) is 18.4 Å². The second kappa shape index (κ2) is 7.48. The molecule has 146 valence electrons. The van der Waals surface area contributed by atoms with E-state index >= 15 is 0 Å². The predicted molar refractivity (Wildman–Crippen MR) is 107 cm³/mol. The van der Waals surface area contributed by atoms with E-state index in [4.69, 9.17) is 0 Å². The second-order valence-electron chi connectivity index (χ2n) is 7.28. The Bertz CT molecular complexity index is 971. The van der Waals surface area contributed by atoms with Crippen molar-refractivity contribution in [3.8, 4) is 0 Å². The Balaban J connectivity index is 1.91. The van der Waals surface area contributed by atoms with Crippen LogP contribution < -0.4 is 5.32 Å². The van der Waals surface area contributed by atoms with Crippen molar-refractivity contribution in [2.45, 2.75) is 44.9 Å². The van der Waals surface area contributed by atoms with Crippen molar-refractivity contribution >= 4 is 21.6 Å². The minimum Gasteiger partial charge on any atom is -0.343 e. The number of aryl methyl sites for hydroxylation is 2. The molecule has 0 unspecified atom stereocenters. The molecule has 1 aliphatic rings. The first-order chi connectivity index (χ1) is 12.7. The lowest BCUT2D eigenvalue weighted by molar-refractivity contribution is 0.101. The van der Waals surface area contributed by atoms with Gasteiger partial charge in [0.2, 0.25) is 10.0 Å². The first-order valence-electron chi connectivity index (χ1n) is 9.27. The van der Waals surface area contributed by atoms with Crippen LogP contribution in [0.1, 0.15) is 46.6 Å². The maximum Gasteiger partial charge on any atom is 0.272 e. The molecule has 1 amide bonds. The lowest BCUT2D eigenvalue weighted by Gasteiger charge is -2.25. The lowest BCUT2D eigenvalue weighted by Crippen LogP contribution is -2.35. The van der Waals surface area contributed by atoms with Crippen LogP contribution in [0.25, 0.3) is 0 Å². The highest BCUT2D eigenvalue weighted by Gasteiger charge is 2.30. The Morgan fingerprint density at radius 2 is 1.70 bits per heavy atom. The van der Waals surface area contributed by atoms with Crippen molar-refractivity contribution in [2.24, 2.45) is 7.05 Å². The molecule has 0 aliphatic carbocycles. The summed E-state index contributed by atoms with van der Waals surface area (Å²) in [6.07, 6.45) is 2.82. The largest absolute Gasteiger partial charge is 0.343 e. The van der Waals surface area contributed by atoms with Crippen LogP contribution in [0, 0.1) is 20.8 Å². The molecule has 2 aromatic rings. The van der Waals surface area contributed by atoms with Gasteiger partial charge in [0.05, 0.1) is 0 Å². The fourth-order valence-electron chi connectivity index (χ4n) is 3.53. The van der Waals surface area contributed by atoms with Gasteiger partial charge in [-0.05, 0) is 51.3 Å². The molecule has 1 aromatic carbocycles. The molecular weight excluding hydrogens is 362 g/mol. The number of rotatable bonds is 4. The SMILES string of the molecule is Cc1ccc(NC(=O)c2cc(S(=O)(=O)N3CCCCC3)c(C)n2C)c(C)c1. The summed E-state index contributed by atoms with van der Waals surface area (Å²) in [6.45, 7) is 6.76. The van der Waals surface area contributed by atoms with Gasteiger partial charge in [-0.15, -0.1) is 0 Å². The minimum atomic E-state index is -3.58. The van der Waals surface area contributed by atoms with E-state index in [0.29, 0.717) is 24.5 Å². The van der Waals surface area contributed by atoms with E-state index in [1.54, 1.807) is 18.5 Å². The molecule has 1 aliphatic heterocycles. The normalized spacial score (nSPS) is 15.7. The van der Waals surface area contributed by atoms with Crippen molar-refractivity contribution < 1.29 is 13.2 Å². The number of nitrogens with one attached hydrogen (secondary N) is 1. The molecule has 1 N–H and O–H groups in total. The number of hydrogen-bond acceptors (Lipinski definition) is 3. The number of anilines is 1. The van der Waals surface area contributed by atoms with E-state index in [1.807, 2.05) is 32.0 Å². The number of amides is 1. The van der Waals surface area contributed by atoms with Crippen LogP contribution >= 0.6 is 0 Å². The number of nitrogens with zero attached hydrogens (tertiary/aromatic N) is 2. The second-order valence-corrected chi connectivity index (χ2v) is 9.18. The monoisotopic (exact) mass is 389 g/mol. The van der Waals surface area contributed by atoms with Gasteiger partial charge < -0.3 is 9.88 Å². The molecule has 0 spiro atoms. The molecule has 0 bridgehead atoms. The van der Waals surface area contributed by atoms with Crippen LogP contribution in [0.4, 0.5) is 5.69 Å². The molecule has 0 radical (unpaired) electrons. The molecule has 6 nitrogen and oxygen atoms in total. The van der Waals surface area contributed by atoms with E-state index < -0.39 is 10.0 Å². The summed E-state index contributed by atoms with van der Waals surface area (Å²) in [5.41, 5.74) is 3.73. The Hall–Kier alpha value is -2.12. The summed E-state index contributed by atoms with van der Waals surface area (Å²) < 4.78 is 29.2. The highest BCUT2D eigenvalue weighted by molar-refractivity contribution is 7.89. The molecule has 7 heteroatoms. The molecular formula is C20H27N3O3S. The van der Waals surface area contributed by atoms with E-state index in [9.17, 15) is 13.2 Å². The number of sulfonamides is 1. The molecule has 1 fully saturated rings. The lowest BCUT2D eigenvalue weighted by atomic mass is 10.1. The van der Waals surface area contributed by atoms with Crippen LogP contribution in [0.3, 0.4) is 0 Å². The number of piperidine rings is 1. The van der Waals surface area contributed by atoms with Gasteiger partial charge in [0.1, 0.15) is 10.6 Å². The number of hydrogen-bond donors (Lipinski definition) is 1. The minimum absolute atomic E-state index is 0.220. The zero-order valence-corrected chi connectivity index (χ0v) is 17.2. The molecule has 2 heterocycles. The summed E-state index contributed by atoms with van der Waals surface area (Å²) in [4.78, 5) is 13.0. The maximum absolute atomic E-state index is 13.0. The van der Waals surface area contributed by atoms with Gasteiger partial charge in [-0.2, -0.15) is 4.31 Å². The van der Waals surface area contributed by atoms with Gasteiger partial charge in [0, 0.05) is 31.5 Å². The number of benzene rings is 1. The first-order valence-corrected chi connectivity index (χ1v) is 10.7. The van der Waals surface area contributed by atoms with E-state index in [0.717, 1.165) is 36.1 Å². The Morgan fingerprint density at radius 1 is 1.04 bits per heavy atom. The van der Waals surface area contributed by atoms with Gasteiger partial charge in [0.25, 0.3) is 5.91 Å². The van der Waals surface area contributed by atoms with Crippen LogP contribution in [0.2, 0.25) is 0 Å². The Kier molecular flexibility index (Phi) is 5.44. The number of aromatic nitrogens is 1. The molecule has 27 heavy (non-hydrogen) atoms. The summed E-state index contributed by atoms with van der Waals surface area (Å²) in [7, 11) is -1.86. The topological polar surface area (TPSA) is 71.4 Å². The van der Waals surface area contributed by atoms with Gasteiger partial charge in [-0.25, -0.2) is 8.42 Å². The average molecular weight is 390 g/mol. The van der Waals surface area contributed by atoms with E-state index in [2.05, 4.69) is 5.32 Å². The fourth-order valence-corrected chi connectivity index (χ4v) is 5.32. The van der Waals surface area contributed by atoms with Crippen molar-refractivity contribution in [1.29, 1.82) is 0 Å². The summed E-state index contributed by atoms with van der Waals surface area (Å²) in [5, 5.41) is 2.90. The first kappa shape index (κ1) is 19.6. The van der Waals surface area contributed by atoms with Gasteiger partial charge in [-0.1, -0.05) is 24.1 Å². The Labute approximate surface area is 161 Å². The quantitative estimate of drug-likeness (QED) is 0.871. The predicted octanol–water partition coefficient (Wildman–Crippen LogP) is 3.38. The third-order valence-electron chi connectivity index (χ3n) is 5.28.